The molecule has 1 saturated heterocycles. The highest BCUT2D eigenvalue weighted by Crippen LogP contribution is 2.29. The topological polar surface area (TPSA) is 85.3 Å². The predicted molar refractivity (Wildman–Crippen MR) is 84.5 cm³/mol. The highest BCUT2D eigenvalue weighted by Gasteiger charge is 2.30. The van der Waals surface area contributed by atoms with Gasteiger partial charge in [-0.15, -0.1) is 0 Å². The monoisotopic (exact) mass is 326 g/mol. The Morgan fingerprint density at radius 2 is 2.04 bits per heavy atom. The molecule has 5 nitrogen and oxygen atoms in total. The lowest BCUT2D eigenvalue weighted by atomic mass is 10.00. The van der Waals surface area contributed by atoms with Crippen molar-refractivity contribution in [2.45, 2.75) is 18.6 Å². The molecule has 2 N–H and O–H groups in total. The number of carbonyl (C=O) groups excluding carboxylic acids is 1. The van der Waals surface area contributed by atoms with Crippen molar-refractivity contribution in [3.8, 4) is 22.9 Å². The van der Waals surface area contributed by atoms with E-state index in [1.165, 1.54) is 12.1 Å². The molecule has 0 radical (unpaired) electrons. The molecular weight excluding hydrogens is 311 g/mol. The lowest BCUT2D eigenvalue weighted by molar-refractivity contribution is -0.126. The number of nitriles is 1. The van der Waals surface area contributed by atoms with Crippen LogP contribution in [0.3, 0.4) is 0 Å². The number of hydrogen-bond donors (Lipinski definition) is 1. The molecule has 1 aliphatic heterocycles. The van der Waals surface area contributed by atoms with Crippen molar-refractivity contribution in [1.82, 2.24) is 0 Å². The summed E-state index contributed by atoms with van der Waals surface area (Å²) in [5.41, 5.74) is 7.07. The first-order valence-electron chi connectivity index (χ1n) is 7.44. The fourth-order valence-electron chi connectivity index (χ4n) is 2.64. The molecule has 3 rings (SSSR count). The van der Waals surface area contributed by atoms with Crippen molar-refractivity contribution >= 4 is 5.91 Å². The van der Waals surface area contributed by atoms with Gasteiger partial charge >= 0.3 is 0 Å². The summed E-state index contributed by atoms with van der Waals surface area (Å²) in [6.45, 7) is 0.273. The third kappa shape index (κ3) is 3.36. The van der Waals surface area contributed by atoms with Gasteiger partial charge in [0, 0.05) is 6.42 Å². The van der Waals surface area contributed by atoms with E-state index in [0.717, 1.165) is 5.56 Å². The van der Waals surface area contributed by atoms with Crippen LogP contribution in [-0.2, 0) is 9.53 Å². The van der Waals surface area contributed by atoms with Crippen LogP contribution in [0.4, 0.5) is 4.39 Å². The summed E-state index contributed by atoms with van der Waals surface area (Å²) >= 11 is 0. The van der Waals surface area contributed by atoms with Gasteiger partial charge in [-0.3, -0.25) is 4.79 Å². The van der Waals surface area contributed by atoms with E-state index in [-0.39, 0.29) is 18.5 Å². The maximum Gasteiger partial charge on any atom is 0.246 e. The fraction of sp³-hybridized carbons (Fsp3) is 0.222. The van der Waals surface area contributed by atoms with Gasteiger partial charge in [-0.2, -0.15) is 5.26 Å². The molecule has 6 heteroatoms. The summed E-state index contributed by atoms with van der Waals surface area (Å²) in [5, 5.41) is 9.37. The lowest BCUT2D eigenvalue weighted by Gasteiger charge is -2.13. The number of carbonyl (C=O) groups is 1. The van der Waals surface area contributed by atoms with Crippen molar-refractivity contribution in [2.75, 3.05) is 6.61 Å². The van der Waals surface area contributed by atoms with Crippen molar-refractivity contribution in [3.63, 3.8) is 0 Å². The SMILES string of the molecule is N#Cc1cc(O[C@@H]2COC(C(N)=O)C2)ccc1-c1ccc(F)cc1. The van der Waals surface area contributed by atoms with Gasteiger partial charge in [-0.25, -0.2) is 4.39 Å². The van der Waals surface area contributed by atoms with Gasteiger partial charge in [0.1, 0.15) is 23.8 Å². The molecule has 122 valence electrons. The number of nitrogens with zero attached hydrogens (tertiary/aromatic N) is 1. The summed E-state index contributed by atoms with van der Waals surface area (Å²) in [6, 6.07) is 13.2. The van der Waals surface area contributed by atoms with E-state index in [1.54, 1.807) is 30.3 Å². The van der Waals surface area contributed by atoms with Gasteiger partial charge in [-0.05, 0) is 41.5 Å². The Morgan fingerprint density at radius 1 is 1.29 bits per heavy atom. The zero-order valence-electron chi connectivity index (χ0n) is 12.7. The molecule has 2 aromatic rings. The Labute approximate surface area is 138 Å². The normalized spacial score (nSPS) is 19.7. The Bertz CT molecular complexity index is 799. The molecule has 0 aliphatic carbocycles. The molecular formula is C18H15FN2O3. The molecule has 2 atom stereocenters. The zero-order valence-corrected chi connectivity index (χ0v) is 12.7. The van der Waals surface area contributed by atoms with Crippen molar-refractivity contribution in [3.05, 3.63) is 53.8 Å². The largest absolute Gasteiger partial charge is 0.488 e. The maximum absolute atomic E-state index is 13.0. The third-order valence-electron chi connectivity index (χ3n) is 3.85. The van der Waals surface area contributed by atoms with Crippen LogP contribution >= 0.6 is 0 Å². The average Bonchev–Trinajstić information content (AvgIpc) is 3.04. The predicted octanol–water partition coefficient (Wildman–Crippen LogP) is 2.39. The van der Waals surface area contributed by atoms with Crippen molar-refractivity contribution in [2.24, 2.45) is 5.73 Å². The van der Waals surface area contributed by atoms with Gasteiger partial charge in [-0.1, -0.05) is 12.1 Å². The summed E-state index contributed by atoms with van der Waals surface area (Å²) in [5.74, 6) is -0.330. The van der Waals surface area contributed by atoms with Crippen LogP contribution in [0.1, 0.15) is 12.0 Å². The average molecular weight is 326 g/mol. The van der Waals surface area contributed by atoms with Gasteiger partial charge in [0.05, 0.1) is 18.2 Å². The van der Waals surface area contributed by atoms with E-state index in [4.69, 9.17) is 15.2 Å². The smallest absolute Gasteiger partial charge is 0.246 e. The molecule has 24 heavy (non-hydrogen) atoms. The Hall–Kier alpha value is -2.91. The minimum Gasteiger partial charge on any atom is -0.488 e. The molecule has 1 aliphatic rings. The number of rotatable bonds is 4. The molecule has 0 saturated carbocycles. The van der Waals surface area contributed by atoms with Crippen LogP contribution in [0, 0.1) is 17.1 Å². The summed E-state index contributed by atoms with van der Waals surface area (Å²) in [4.78, 5) is 11.1. The van der Waals surface area contributed by atoms with Crippen LogP contribution in [0.15, 0.2) is 42.5 Å². The molecule has 2 aromatic carbocycles. The molecule has 1 heterocycles. The quantitative estimate of drug-likeness (QED) is 0.935. The van der Waals surface area contributed by atoms with Crippen LogP contribution in [0.5, 0.6) is 5.75 Å². The first-order valence-corrected chi connectivity index (χ1v) is 7.44. The second-order valence-electron chi connectivity index (χ2n) is 5.53. The van der Waals surface area contributed by atoms with E-state index in [2.05, 4.69) is 6.07 Å². The van der Waals surface area contributed by atoms with E-state index >= 15 is 0 Å². The number of halogens is 1. The second kappa shape index (κ2) is 6.69. The fourth-order valence-corrected chi connectivity index (χ4v) is 2.64. The van der Waals surface area contributed by atoms with E-state index in [9.17, 15) is 14.4 Å². The Morgan fingerprint density at radius 3 is 2.67 bits per heavy atom. The van der Waals surface area contributed by atoms with Crippen LogP contribution < -0.4 is 10.5 Å². The van der Waals surface area contributed by atoms with E-state index in [1.807, 2.05) is 0 Å². The number of hydrogen-bond acceptors (Lipinski definition) is 4. The number of amides is 1. The number of benzene rings is 2. The standard InChI is InChI=1S/C18H15FN2O3/c19-13-3-1-11(2-4-13)16-6-5-14(7-12(16)9-20)24-15-8-17(18(21)22)23-10-15/h1-7,15,17H,8,10H2,(H2,21,22)/t15-,17?/m0/s1. The summed E-state index contributed by atoms with van der Waals surface area (Å²) in [7, 11) is 0. The van der Waals surface area contributed by atoms with E-state index in [0.29, 0.717) is 23.3 Å². The molecule has 0 spiro atoms. The third-order valence-corrected chi connectivity index (χ3v) is 3.85. The lowest BCUT2D eigenvalue weighted by Crippen LogP contribution is -2.28. The molecule has 0 aromatic heterocycles. The van der Waals surface area contributed by atoms with Crippen LogP contribution in [-0.4, -0.2) is 24.7 Å². The Balaban J connectivity index is 1.79. The van der Waals surface area contributed by atoms with Gasteiger partial charge in [0.25, 0.3) is 0 Å². The van der Waals surface area contributed by atoms with E-state index < -0.39 is 12.0 Å². The second-order valence-corrected chi connectivity index (χ2v) is 5.53. The first-order chi connectivity index (χ1) is 11.6. The number of ether oxygens (including phenoxy) is 2. The first kappa shape index (κ1) is 16.0. The van der Waals surface area contributed by atoms with Gasteiger partial charge < -0.3 is 15.2 Å². The molecule has 1 unspecified atom stereocenters. The number of nitrogens with two attached hydrogens (primary N) is 1. The van der Waals surface area contributed by atoms with Crippen LogP contribution in [0.25, 0.3) is 11.1 Å². The maximum atomic E-state index is 13.0. The highest BCUT2D eigenvalue weighted by atomic mass is 19.1. The van der Waals surface area contributed by atoms with Gasteiger partial charge in [0.2, 0.25) is 5.91 Å². The molecule has 0 bridgehead atoms. The van der Waals surface area contributed by atoms with Crippen molar-refractivity contribution in [1.29, 1.82) is 5.26 Å². The minimum atomic E-state index is -0.635. The van der Waals surface area contributed by atoms with Gasteiger partial charge in [0.15, 0.2) is 0 Å². The summed E-state index contributed by atoms with van der Waals surface area (Å²) < 4.78 is 24.1. The molecule has 1 amide bonds. The zero-order chi connectivity index (χ0) is 17.1. The van der Waals surface area contributed by atoms with Crippen LogP contribution in [0.2, 0.25) is 0 Å². The summed E-state index contributed by atoms with van der Waals surface area (Å²) in [6.07, 6.45) is -0.536. The molecule has 1 fully saturated rings. The highest BCUT2D eigenvalue weighted by molar-refractivity contribution is 5.79. The number of primary amides is 1. The minimum absolute atomic E-state index is 0.273. The Kier molecular flexibility index (Phi) is 4.45. The van der Waals surface area contributed by atoms with Crippen molar-refractivity contribution < 1.29 is 18.7 Å².